The fourth-order valence-corrected chi connectivity index (χ4v) is 1.09. The van der Waals surface area contributed by atoms with Gasteiger partial charge in [0.25, 0.3) is 5.91 Å². The molecule has 0 atom stereocenters. The van der Waals surface area contributed by atoms with E-state index in [1.54, 1.807) is 18.2 Å². The SMILES string of the molecule is O=C(O)CONC(=O)c1ccccc1Cl. The van der Waals surface area contributed by atoms with Gasteiger partial charge in [-0.1, -0.05) is 23.7 Å². The summed E-state index contributed by atoms with van der Waals surface area (Å²) in [5.41, 5.74) is 2.19. The summed E-state index contributed by atoms with van der Waals surface area (Å²) in [6.45, 7) is -0.601. The van der Waals surface area contributed by atoms with Crippen molar-refractivity contribution in [3.8, 4) is 0 Å². The molecular formula is C9H8ClNO4. The lowest BCUT2D eigenvalue weighted by Gasteiger charge is -2.04. The number of nitrogens with one attached hydrogen (secondary N) is 1. The number of benzene rings is 1. The van der Waals surface area contributed by atoms with Crippen LogP contribution >= 0.6 is 11.6 Å². The average Bonchev–Trinajstić information content (AvgIpc) is 2.17. The van der Waals surface area contributed by atoms with E-state index in [9.17, 15) is 9.59 Å². The second kappa shape index (κ2) is 5.33. The third kappa shape index (κ3) is 3.57. The number of hydrogen-bond acceptors (Lipinski definition) is 3. The van der Waals surface area contributed by atoms with Crippen molar-refractivity contribution in [3.63, 3.8) is 0 Å². The first-order valence-electron chi connectivity index (χ1n) is 3.99. The molecule has 0 saturated carbocycles. The van der Waals surface area contributed by atoms with Gasteiger partial charge in [-0.2, -0.15) is 0 Å². The van der Waals surface area contributed by atoms with Crippen LogP contribution in [0.5, 0.6) is 0 Å². The number of carbonyl (C=O) groups excluding carboxylic acids is 1. The van der Waals surface area contributed by atoms with Gasteiger partial charge in [0.15, 0.2) is 6.61 Å². The maximum absolute atomic E-state index is 11.3. The predicted octanol–water partition coefficient (Wildman–Crippen LogP) is 1.09. The fraction of sp³-hybridized carbons (Fsp3) is 0.111. The number of halogens is 1. The third-order valence-corrected chi connectivity index (χ3v) is 1.81. The monoisotopic (exact) mass is 229 g/mol. The first kappa shape index (κ1) is 11.5. The van der Waals surface area contributed by atoms with Crippen LogP contribution in [0.1, 0.15) is 10.4 Å². The van der Waals surface area contributed by atoms with Crippen molar-refractivity contribution in [1.82, 2.24) is 5.48 Å². The Morgan fingerprint density at radius 2 is 2.07 bits per heavy atom. The molecule has 0 aliphatic carbocycles. The zero-order valence-corrected chi connectivity index (χ0v) is 8.32. The van der Waals surface area contributed by atoms with Gasteiger partial charge in [0.1, 0.15) is 0 Å². The molecule has 6 heteroatoms. The topological polar surface area (TPSA) is 75.6 Å². The van der Waals surface area contributed by atoms with Gasteiger partial charge in [-0.05, 0) is 12.1 Å². The number of rotatable bonds is 4. The highest BCUT2D eigenvalue weighted by atomic mass is 35.5. The van der Waals surface area contributed by atoms with Gasteiger partial charge in [-0.25, -0.2) is 10.3 Å². The van der Waals surface area contributed by atoms with Gasteiger partial charge >= 0.3 is 5.97 Å². The minimum Gasteiger partial charge on any atom is -0.479 e. The van der Waals surface area contributed by atoms with Gasteiger partial charge in [-0.15, -0.1) is 0 Å². The van der Waals surface area contributed by atoms with Crippen LogP contribution < -0.4 is 5.48 Å². The molecule has 0 unspecified atom stereocenters. The van der Waals surface area contributed by atoms with Crippen molar-refractivity contribution in [2.24, 2.45) is 0 Å². The molecule has 1 aromatic carbocycles. The molecule has 2 N–H and O–H groups in total. The van der Waals surface area contributed by atoms with Crippen LogP contribution in [0, 0.1) is 0 Å². The lowest BCUT2D eigenvalue weighted by atomic mass is 10.2. The number of hydrogen-bond donors (Lipinski definition) is 2. The van der Waals surface area contributed by atoms with E-state index >= 15 is 0 Å². The van der Waals surface area contributed by atoms with E-state index in [4.69, 9.17) is 16.7 Å². The van der Waals surface area contributed by atoms with Crippen LogP contribution in [-0.2, 0) is 9.63 Å². The van der Waals surface area contributed by atoms with Crippen molar-refractivity contribution in [2.45, 2.75) is 0 Å². The molecule has 0 radical (unpaired) electrons. The summed E-state index contributed by atoms with van der Waals surface area (Å²) >= 11 is 5.73. The Labute approximate surface area is 90.6 Å². The highest BCUT2D eigenvalue weighted by Gasteiger charge is 2.09. The molecule has 0 fully saturated rings. The summed E-state index contributed by atoms with van der Waals surface area (Å²) in [4.78, 5) is 25.8. The van der Waals surface area contributed by atoms with Crippen LogP contribution in [0.3, 0.4) is 0 Å². The second-order valence-electron chi connectivity index (χ2n) is 2.59. The van der Waals surface area contributed by atoms with Crippen LogP contribution in [0.15, 0.2) is 24.3 Å². The van der Waals surface area contributed by atoms with Gasteiger partial charge in [-0.3, -0.25) is 9.63 Å². The van der Waals surface area contributed by atoms with E-state index in [0.29, 0.717) is 0 Å². The number of carboxylic acids is 1. The fourth-order valence-electron chi connectivity index (χ4n) is 0.864. The molecule has 0 aromatic heterocycles. The molecule has 0 saturated heterocycles. The molecule has 0 aliphatic heterocycles. The average molecular weight is 230 g/mol. The maximum atomic E-state index is 11.3. The number of carboxylic acid groups (broad SMARTS) is 1. The highest BCUT2D eigenvalue weighted by molar-refractivity contribution is 6.33. The van der Waals surface area contributed by atoms with Crippen molar-refractivity contribution < 1.29 is 19.5 Å². The summed E-state index contributed by atoms with van der Waals surface area (Å²) in [6, 6.07) is 6.37. The Balaban J connectivity index is 2.54. The molecule has 80 valence electrons. The maximum Gasteiger partial charge on any atom is 0.332 e. The third-order valence-electron chi connectivity index (χ3n) is 1.48. The minimum atomic E-state index is -1.17. The molecule has 1 aromatic rings. The minimum absolute atomic E-state index is 0.226. The molecule has 0 spiro atoms. The Bertz CT molecular complexity index is 380. The Morgan fingerprint density at radius 1 is 1.40 bits per heavy atom. The molecular weight excluding hydrogens is 222 g/mol. The van der Waals surface area contributed by atoms with Crippen molar-refractivity contribution >= 4 is 23.5 Å². The summed E-state index contributed by atoms with van der Waals surface area (Å²) in [7, 11) is 0. The van der Waals surface area contributed by atoms with Gasteiger partial charge in [0, 0.05) is 0 Å². The molecule has 0 aliphatic rings. The molecule has 0 bridgehead atoms. The van der Waals surface area contributed by atoms with E-state index in [1.165, 1.54) is 6.07 Å². The Kier molecular flexibility index (Phi) is 4.08. The van der Waals surface area contributed by atoms with Crippen molar-refractivity contribution in [2.75, 3.05) is 6.61 Å². The second-order valence-corrected chi connectivity index (χ2v) is 3.00. The standard InChI is InChI=1S/C9H8ClNO4/c10-7-4-2-1-3-6(7)9(14)11-15-5-8(12)13/h1-4H,5H2,(H,11,14)(H,12,13). The first-order chi connectivity index (χ1) is 7.11. The Hall–Kier alpha value is -1.59. The summed E-state index contributed by atoms with van der Waals surface area (Å²) in [5.74, 6) is -1.75. The van der Waals surface area contributed by atoms with Gasteiger partial charge in [0.05, 0.1) is 10.6 Å². The van der Waals surface area contributed by atoms with Crippen molar-refractivity contribution in [3.05, 3.63) is 34.9 Å². The van der Waals surface area contributed by atoms with Gasteiger partial charge in [0.2, 0.25) is 0 Å². The van der Waals surface area contributed by atoms with Crippen molar-refractivity contribution in [1.29, 1.82) is 0 Å². The number of hydroxylamine groups is 1. The summed E-state index contributed by atoms with van der Waals surface area (Å²) in [5, 5.41) is 8.52. The molecule has 1 amide bonds. The van der Waals surface area contributed by atoms with E-state index < -0.39 is 18.5 Å². The van der Waals surface area contributed by atoms with Crippen LogP contribution in [-0.4, -0.2) is 23.6 Å². The quantitative estimate of drug-likeness (QED) is 0.758. The van der Waals surface area contributed by atoms with Crippen LogP contribution in [0.2, 0.25) is 5.02 Å². The van der Waals surface area contributed by atoms with E-state index in [2.05, 4.69) is 4.84 Å². The smallest absolute Gasteiger partial charge is 0.332 e. The largest absolute Gasteiger partial charge is 0.479 e. The first-order valence-corrected chi connectivity index (χ1v) is 4.37. The Morgan fingerprint density at radius 3 is 2.67 bits per heavy atom. The van der Waals surface area contributed by atoms with Gasteiger partial charge < -0.3 is 5.11 Å². The molecule has 1 rings (SSSR count). The van der Waals surface area contributed by atoms with Crippen LogP contribution in [0.4, 0.5) is 0 Å². The summed E-state index contributed by atoms with van der Waals surface area (Å²) in [6.07, 6.45) is 0. The molecule has 0 heterocycles. The lowest BCUT2D eigenvalue weighted by molar-refractivity contribution is -0.144. The van der Waals surface area contributed by atoms with E-state index in [1.807, 2.05) is 5.48 Å². The zero-order chi connectivity index (χ0) is 11.3. The predicted molar refractivity (Wildman–Crippen MR) is 52.5 cm³/mol. The number of amides is 1. The highest BCUT2D eigenvalue weighted by Crippen LogP contribution is 2.14. The summed E-state index contributed by atoms with van der Waals surface area (Å²) < 4.78 is 0. The van der Waals surface area contributed by atoms with Crippen LogP contribution in [0.25, 0.3) is 0 Å². The number of carbonyl (C=O) groups is 2. The zero-order valence-electron chi connectivity index (χ0n) is 7.57. The molecule has 5 nitrogen and oxygen atoms in total. The van der Waals surface area contributed by atoms with E-state index in [0.717, 1.165) is 0 Å². The lowest BCUT2D eigenvalue weighted by Crippen LogP contribution is -2.26. The number of aliphatic carboxylic acids is 1. The van der Waals surface area contributed by atoms with E-state index in [-0.39, 0.29) is 10.6 Å². The molecule has 15 heavy (non-hydrogen) atoms. The normalized spacial score (nSPS) is 9.67.